The molecule has 0 aromatic heterocycles. The molecular weight excluding hydrogens is 284 g/mol. The van der Waals surface area contributed by atoms with Gasteiger partial charge in [-0.15, -0.1) is 0 Å². The Bertz CT molecular complexity index is 331. The maximum atomic E-state index is 13.3. The van der Waals surface area contributed by atoms with E-state index in [2.05, 4.69) is 0 Å². The van der Waals surface area contributed by atoms with Crippen molar-refractivity contribution in [1.29, 1.82) is 0 Å². The molecule has 22 heavy (non-hydrogen) atoms. The van der Waals surface area contributed by atoms with E-state index in [1.165, 1.54) is 0 Å². The minimum absolute atomic E-state index is 0.0674. The number of Topliss-reactive ketones (excluding diaryl/α,β-unsaturated/α-hetero) is 1. The Kier molecular flexibility index (Phi) is 6.00. The van der Waals surface area contributed by atoms with Gasteiger partial charge in [0.15, 0.2) is 5.78 Å². The van der Waals surface area contributed by atoms with Crippen LogP contribution >= 0.6 is 0 Å². The third-order valence-electron chi connectivity index (χ3n) is 5.95. The quantitative estimate of drug-likeness (QED) is 0.780. The fourth-order valence-corrected chi connectivity index (χ4v) is 4.12. The zero-order valence-corrected chi connectivity index (χ0v) is 13.8. The number of ether oxygens (including phenoxy) is 2. The van der Waals surface area contributed by atoms with Crippen LogP contribution in [-0.2, 0) is 14.3 Å². The van der Waals surface area contributed by atoms with Gasteiger partial charge in [0.25, 0.3) is 0 Å². The number of methoxy groups -OCH3 is 2. The lowest BCUT2D eigenvalue weighted by atomic mass is 9.67. The Balaban J connectivity index is 2.13. The average molecular weight is 314 g/mol. The maximum absolute atomic E-state index is 13.3. The monoisotopic (exact) mass is 314 g/mol. The second-order valence-corrected chi connectivity index (χ2v) is 6.98. The second kappa shape index (κ2) is 7.39. The number of carbonyl (C=O) groups is 1. The van der Waals surface area contributed by atoms with Crippen molar-refractivity contribution in [3.63, 3.8) is 0 Å². The molecule has 0 bridgehead atoms. The normalized spacial score (nSPS) is 39.6. The molecule has 5 heteroatoms. The van der Waals surface area contributed by atoms with E-state index in [4.69, 9.17) is 9.47 Å². The Morgan fingerprint density at radius 3 is 1.41 bits per heavy atom. The summed E-state index contributed by atoms with van der Waals surface area (Å²) >= 11 is 0. The van der Waals surface area contributed by atoms with Gasteiger partial charge in [0.2, 0.25) is 0 Å². The molecule has 2 aliphatic rings. The lowest BCUT2D eigenvalue weighted by Crippen LogP contribution is -2.57. The molecule has 0 spiro atoms. The molecule has 2 rings (SSSR count). The van der Waals surface area contributed by atoms with Gasteiger partial charge >= 0.3 is 0 Å². The molecule has 0 radical (unpaired) electrons. The van der Waals surface area contributed by atoms with Crippen LogP contribution in [0.2, 0.25) is 0 Å². The molecule has 2 aliphatic carbocycles. The Morgan fingerprint density at radius 2 is 1.18 bits per heavy atom. The van der Waals surface area contributed by atoms with Crippen LogP contribution in [0.3, 0.4) is 0 Å². The zero-order valence-electron chi connectivity index (χ0n) is 13.8. The van der Waals surface area contributed by atoms with Crippen LogP contribution in [-0.4, -0.2) is 54.6 Å². The Hall–Kier alpha value is -0.490. The van der Waals surface area contributed by atoms with Crippen molar-refractivity contribution in [3.8, 4) is 0 Å². The number of rotatable bonds is 6. The number of hydrogen-bond acceptors (Lipinski definition) is 5. The summed E-state index contributed by atoms with van der Waals surface area (Å²) < 4.78 is 11.4. The van der Waals surface area contributed by atoms with Crippen LogP contribution in [0.15, 0.2) is 0 Å². The molecule has 0 aromatic rings. The van der Waals surface area contributed by atoms with Crippen LogP contribution in [0.5, 0.6) is 0 Å². The van der Waals surface area contributed by atoms with E-state index >= 15 is 0 Å². The first kappa shape index (κ1) is 17.9. The highest BCUT2D eigenvalue weighted by Gasteiger charge is 2.53. The molecular formula is C17H30O5. The molecule has 2 fully saturated rings. The SMILES string of the molecule is COC1(C(=O)C2(OC)CCC(CO)CC2)CCC(CO)CC1. The van der Waals surface area contributed by atoms with Crippen LogP contribution in [0.25, 0.3) is 0 Å². The van der Waals surface area contributed by atoms with Crippen molar-refractivity contribution < 1.29 is 24.5 Å². The van der Waals surface area contributed by atoms with Crippen molar-refractivity contribution in [1.82, 2.24) is 0 Å². The highest BCUT2D eigenvalue weighted by atomic mass is 16.5. The topological polar surface area (TPSA) is 76.0 Å². The van der Waals surface area contributed by atoms with Gasteiger partial charge in [-0.3, -0.25) is 4.79 Å². The molecule has 0 aliphatic heterocycles. The number of hydrogen-bond donors (Lipinski definition) is 2. The first-order valence-corrected chi connectivity index (χ1v) is 8.43. The molecule has 0 atom stereocenters. The van der Waals surface area contributed by atoms with Crippen molar-refractivity contribution in [2.24, 2.45) is 11.8 Å². The summed E-state index contributed by atoms with van der Waals surface area (Å²) in [6, 6.07) is 0. The fourth-order valence-electron chi connectivity index (χ4n) is 4.12. The molecule has 2 saturated carbocycles. The first-order chi connectivity index (χ1) is 10.6. The second-order valence-electron chi connectivity index (χ2n) is 6.98. The molecule has 0 saturated heterocycles. The molecule has 5 nitrogen and oxygen atoms in total. The Labute approximate surface area is 133 Å². The van der Waals surface area contributed by atoms with Gasteiger partial charge < -0.3 is 19.7 Å². The third-order valence-corrected chi connectivity index (χ3v) is 5.95. The van der Waals surface area contributed by atoms with Crippen molar-refractivity contribution in [2.45, 2.75) is 62.6 Å². The van der Waals surface area contributed by atoms with Gasteiger partial charge in [-0.1, -0.05) is 0 Å². The van der Waals surface area contributed by atoms with E-state index in [1.54, 1.807) is 14.2 Å². The minimum atomic E-state index is -0.770. The van der Waals surface area contributed by atoms with Gasteiger partial charge in [-0.05, 0) is 63.2 Å². The van der Waals surface area contributed by atoms with E-state index in [9.17, 15) is 15.0 Å². The number of ketones is 1. The van der Waals surface area contributed by atoms with Crippen LogP contribution in [0.1, 0.15) is 51.4 Å². The predicted octanol–water partition coefficient (Wildman–Crippen LogP) is 1.69. The third kappa shape index (κ3) is 3.23. The van der Waals surface area contributed by atoms with E-state index in [1.807, 2.05) is 0 Å². The van der Waals surface area contributed by atoms with E-state index in [0.29, 0.717) is 25.7 Å². The van der Waals surface area contributed by atoms with Gasteiger partial charge in [-0.2, -0.15) is 0 Å². The van der Waals surface area contributed by atoms with Gasteiger partial charge in [0.1, 0.15) is 11.2 Å². The van der Waals surface area contributed by atoms with Crippen LogP contribution in [0, 0.1) is 11.8 Å². The fraction of sp³-hybridized carbons (Fsp3) is 0.941. The van der Waals surface area contributed by atoms with Crippen LogP contribution in [0.4, 0.5) is 0 Å². The predicted molar refractivity (Wildman–Crippen MR) is 82.6 cm³/mol. The molecule has 0 amide bonds. The summed E-state index contributed by atoms with van der Waals surface area (Å²) in [5, 5.41) is 18.6. The number of aliphatic hydroxyl groups is 2. The minimum Gasteiger partial charge on any atom is -0.396 e. The molecule has 0 unspecified atom stereocenters. The van der Waals surface area contributed by atoms with Crippen molar-refractivity contribution in [2.75, 3.05) is 27.4 Å². The number of carbonyl (C=O) groups excluding carboxylic acids is 1. The molecule has 2 N–H and O–H groups in total. The highest BCUT2D eigenvalue weighted by molar-refractivity contribution is 5.95. The van der Waals surface area contributed by atoms with Gasteiger partial charge in [0, 0.05) is 27.4 Å². The van der Waals surface area contributed by atoms with Crippen molar-refractivity contribution in [3.05, 3.63) is 0 Å². The average Bonchev–Trinajstić information content (AvgIpc) is 2.61. The van der Waals surface area contributed by atoms with Gasteiger partial charge in [0.05, 0.1) is 0 Å². The summed E-state index contributed by atoms with van der Waals surface area (Å²) in [5.74, 6) is 0.622. The lowest BCUT2D eigenvalue weighted by molar-refractivity contribution is -0.174. The largest absolute Gasteiger partial charge is 0.396 e. The maximum Gasteiger partial charge on any atom is 0.196 e. The molecule has 128 valence electrons. The smallest absolute Gasteiger partial charge is 0.196 e. The van der Waals surface area contributed by atoms with Crippen LogP contribution < -0.4 is 0 Å². The molecule has 0 heterocycles. The van der Waals surface area contributed by atoms with E-state index in [-0.39, 0.29) is 30.8 Å². The summed E-state index contributed by atoms with van der Waals surface area (Å²) in [4.78, 5) is 13.3. The summed E-state index contributed by atoms with van der Waals surface area (Å²) in [6.07, 6.45) is 5.88. The summed E-state index contributed by atoms with van der Waals surface area (Å²) in [6.45, 7) is 0.364. The van der Waals surface area contributed by atoms with E-state index in [0.717, 1.165) is 25.7 Å². The lowest BCUT2D eigenvalue weighted by Gasteiger charge is -2.45. The number of aliphatic hydroxyl groups excluding tert-OH is 2. The Morgan fingerprint density at radius 1 is 0.864 bits per heavy atom. The standard InChI is InChI=1S/C17H30O5/c1-21-16(7-3-13(11-18)4-8-16)15(20)17(22-2)9-5-14(12-19)6-10-17/h13-14,18-19H,3-12H2,1-2H3. The van der Waals surface area contributed by atoms with E-state index < -0.39 is 11.2 Å². The summed E-state index contributed by atoms with van der Waals surface area (Å²) in [7, 11) is 3.22. The summed E-state index contributed by atoms with van der Waals surface area (Å²) in [5.41, 5.74) is -1.54. The van der Waals surface area contributed by atoms with Gasteiger partial charge in [-0.25, -0.2) is 0 Å². The van der Waals surface area contributed by atoms with Crippen molar-refractivity contribution >= 4 is 5.78 Å². The molecule has 0 aromatic carbocycles. The zero-order chi connectivity index (χ0) is 16.2. The first-order valence-electron chi connectivity index (χ1n) is 8.43. The highest BCUT2D eigenvalue weighted by Crippen LogP contribution is 2.43.